The molecule has 0 radical (unpaired) electrons. The largest absolute Gasteiger partial charge is 0.394 e. The van der Waals surface area contributed by atoms with Gasteiger partial charge in [0.2, 0.25) is 0 Å². The number of aliphatic hydroxyl groups is 5. The predicted molar refractivity (Wildman–Crippen MR) is 180 cm³/mol. The van der Waals surface area contributed by atoms with Crippen molar-refractivity contribution in [3.05, 3.63) is 12.2 Å². The fourth-order valence-electron chi connectivity index (χ4n) is 8.63. The summed E-state index contributed by atoms with van der Waals surface area (Å²) >= 11 is 5.79. The third-order valence-electron chi connectivity index (χ3n) is 10.7. The van der Waals surface area contributed by atoms with Crippen LogP contribution in [0.4, 0.5) is 0 Å². The van der Waals surface area contributed by atoms with E-state index < -0.39 is 49.5 Å². The molecule has 260 valence electrons. The Hall–Kier alpha value is -0.850. The van der Waals surface area contributed by atoms with Gasteiger partial charge in [-0.05, 0) is 81.3 Å². The van der Waals surface area contributed by atoms with E-state index in [-0.39, 0.29) is 12.1 Å². The maximum Gasteiger partial charge on any atom is 0.186 e. The number of rotatable bonds is 20. The van der Waals surface area contributed by atoms with Gasteiger partial charge in [-0.2, -0.15) is 0 Å². The van der Waals surface area contributed by atoms with Gasteiger partial charge in [0.05, 0.1) is 25.4 Å². The molecule has 0 aromatic carbocycles. The fraction of sp³-hybridized carbons (Fsp3) is 0.914. The number of hydrogen-bond donors (Lipinski definition) is 7. The smallest absolute Gasteiger partial charge is 0.186 e. The first-order chi connectivity index (χ1) is 21.7. The lowest BCUT2D eigenvalue weighted by Crippen LogP contribution is -2.63. The molecule has 10 heteroatoms. The molecule has 4 unspecified atom stereocenters. The summed E-state index contributed by atoms with van der Waals surface area (Å²) < 4.78 is 11.4. The summed E-state index contributed by atoms with van der Waals surface area (Å²) in [5, 5.41) is 58.9. The van der Waals surface area contributed by atoms with Crippen LogP contribution >= 0.6 is 12.2 Å². The Morgan fingerprint density at radius 3 is 1.98 bits per heavy atom. The Kier molecular flexibility index (Phi) is 15.3. The van der Waals surface area contributed by atoms with Crippen molar-refractivity contribution in [3.63, 3.8) is 0 Å². The number of nitrogens with one attached hydrogen (secondary N) is 2. The molecule has 4 bridgehead atoms. The van der Waals surface area contributed by atoms with Crippen LogP contribution in [-0.4, -0.2) is 92.2 Å². The molecule has 4 saturated carbocycles. The maximum absolute atomic E-state index is 11.2. The second-order valence-corrected chi connectivity index (χ2v) is 15.1. The van der Waals surface area contributed by atoms with E-state index in [9.17, 15) is 25.5 Å². The SMILES string of the molecule is CCCCCCCCCCCCC/C=C\C(O)C(CO[C@@H]1OC(CO)[C@@H](O)[C@@H](O)C1O)NC(=S)NC12CC3CC(CC(C3)C1)C2. The molecular weight excluding hydrogens is 592 g/mol. The van der Waals surface area contributed by atoms with Crippen molar-refractivity contribution in [2.45, 2.75) is 171 Å². The zero-order valence-electron chi connectivity index (χ0n) is 27.5. The van der Waals surface area contributed by atoms with Gasteiger partial charge in [-0.15, -0.1) is 0 Å². The molecule has 1 aliphatic heterocycles. The van der Waals surface area contributed by atoms with Crippen molar-refractivity contribution in [1.82, 2.24) is 10.6 Å². The van der Waals surface area contributed by atoms with E-state index in [1.165, 1.54) is 83.5 Å². The van der Waals surface area contributed by atoms with E-state index in [1.807, 2.05) is 6.08 Å². The monoisotopic (exact) mass is 654 g/mol. The van der Waals surface area contributed by atoms with E-state index in [0.29, 0.717) is 5.11 Å². The summed E-state index contributed by atoms with van der Waals surface area (Å²) in [5.41, 5.74) is 0.0113. The van der Waals surface area contributed by atoms with Crippen molar-refractivity contribution in [2.75, 3.05) is 13.2 Å². The molecule has 0 aromatic heterocycles. The summed E-state index contributed by atoms with van der Waals surface area (Å²) in [7, 11) is 0. The molecular formula is C35H62N2O7S. The normalized spacial score (nSPS) is 35.5. The Labute approximate surface area is 276 Å². The standard InChI is InChI=1S/C35H62N2O7S/c1-2-3-4-5-6-7-8-9-10-11-12-13-14-15-28(39)27(23-43-33-32(42)31(41)30(40)29(22-38)44-33)36-34(45)37-35-19-24-16-25(20-35)18-26(17-24)21-35/h14-15,24-33,38-42H,2-13,16-23H2,1H3,(H2,36,37,45)/b15-14-/t24?,25?,26?,27?,28?,29?,30-,31-,32?,33-,35?/m1/s1. The maximum atomic E-state index is 11.2. The quantitative estimate of drug-likeness (QED) is 0.0579. The lowest BCUT2D eigenvalue weighted by Gasteiger charge is -2.57. The summed E-state index contributed by atoms with van der Waals surface area (Å²) in [4.78, 5) is 0. The predicted octanol–water partition coefficient (Wildman–Crippen LogP) is 4.22. The minimum Gasteiger partial charge on any atom is -0.394 e. The van der Waals surface area contributed by atoms with Crippen LogP contribution in [0.15, 0.2) is 12.2 Å². The topological polar surface area (TPSA) is 144 Å². The van der Waals surface area contributed by atoms with Crippen LogP contribution in [0.2, 0.25) is 0 Å². The van der Waals surface area contributed by atoms with Crippen LogP contribution in [0.5, 0.6) is 0 Å². The highest BCUT2D eigenvalue weighted by atomic mass is 32.1. The molecule has 4 aliphatic carbocycles. The molecule has 5 fully saturated rings. The first kappa shape index (κ1) is 37.0. The number of ether oxygens (including phenoxy) is 2. The molecule has 0 aromatic rings. The number of allylic oxidation sites excluding steroid dienone is 1. The van der Waals surface area contributed by atoms with Gasteiger partial charge in [-0.3, -0.25) is 0 Å². The van der Waals surface area contributed by atoms with Crippen LogP contribution in [0, 0.1) is 17.8 Å². The Balaban J connectivity index is 1.24. The first-order valence-electron chi connectivity index (χ1n) is 18.1. The highest BCUT2D eigenvalue weighted by Crippen LogP contribution is 2.55. The van der Waals surface area contributed by atoms with Crippen molar-refractivity contribution in [2.24, 2.45) is 17.8 Å². The van der Waals surface area contributed by atoms with E-state index in [4.69, 9.17) is 21.7 Å². The van der Waals surface area contributed by atoms with E-state index in [1.54, 1.807) is 6.08 Å². The molecule has 0 spiro atoms. The molecule has 7 atom stereocenters. The van der Waals surface area contributed by atoms with E-state index >= 15 is 0 Å². The lowest BCUT2D eigenvalue weighted by atomic mass is 9.53. The molecule has 45 heavy (non-hydrogen) atoms. The van der Waals surface area contributed by atoms with Crippen molar-refractivity contribution in [3.8, 4) is 0 Å². The van der Waals surface area contributed by atoms with Crippen LogP contribution in [-0.2, 0) is 9.47 Å². The second-order valence-electron chi connectivity index (χ2n) is 14.7. The van der Waals surface area contributed by atoms with Gasteiger partial charge in [0, 0.05) is 5.54 Å². The summed E-state index contributed by atoms with van der Waals surface area (Å²) in [5.74, 6) is 2.29. The molecule has 9 nitrogen and oxygen atoms in total. The lowest BCUT2D eigenvalue weighted by molar-refractivity contribution is -0.302. The third kappa shape index (κ3) is 11.1. The van der Waals surface area contributed by atoms with E-state index in [0.717, 1.165) is 49.9 Å². The van der Waals surface area contributed by atoms with E-state index in [2.05, 4.69) is 17.6 Å². The van der Waals surface area contributed by atoms with Crippen LogP contribution < -0.4 is 10.6 Å². The highest BCUT2D eigenvalue weighted by molar-refractivity contribution is 7.80. The van der Waals surface area contributed by atoms with Gasteiger partial charge in [-0.1, -0.05) is 83.3 Å². The number of hydrogen-bond acceptors (Lipinski definition) is 8. The molecule has 7 N–H and O–H groups in total. The molecule has 5 rings (SSSR count). The number of thiocarbonyl (C=S) groups is 1. The Morgan fingerprint density at radius 1 is 0.867 bits per heavy atom. The van der Waals surface area contributed by atoms with Crippen molar-refractivity contribution in [1.29, 1.82) is 0 Å². The molecule has 1 saturated heterocycles. The average molecular weight is 655 g/mol. The van der Waals surface area contributed by atoms with Gasteiger partial charge < -0.3 is 45.6 Å². The zero-order valence-corrected chi connectivity index (χ0v) is 28.3. The van der Waals surface area contributed by atoms with Crippen molar-refractivity contribution < 1.29 is 35.0 Å². The van der Waals surface area contributed by atoms with Gasteiger partial charge in [0.15, 0.2) is 11.4 Å². The van der Waals surface area contributed by atoms with Crippen LogP contribution in [0.1, 0.15) is 122 Å². The Morgan fingerprint density at radius 2 is 1.42 bits per heavy atom. The summed E-state index contributed by atoms with van der Waals surface area (Å²) in [6, 6.07) is -0.639. The summed E-state index contributed by atoms with van der Waals surface area (Å²) in [6.07, 6.45) is 18.5. The minimum absolute atomic E-state index is 0.0113. The molecule has 1 heterocycles. The van der Waals surface area contributed by atoms with Gasteiger partial charge in [-0.25, -0.2) is 0 Å². The van der Waals surface area contributed by atoms with Crippen LogP contribution in [0.3, 0.4) is 0 Å². The van der Waals surface area contributed by atoms with Crippen LogP contribution in [0.25, 0.3) is 0 Å². The van der Waals surface area contributed by atoms with Crippen molar-refractivity contribution >= 4 is 17.3 Å². The van der Waals surface area contributed by atoms with Gasteiger partial charge in [0.25, 0.3) is 0 Å². The summed E-state index contributed by atoms with van der Waals surface area (Å²) in [6.45, 7) is 1.65. The fourth-order valence-corrected chi connectivity index (χ4v) is 9.00. The first-order valence-corrected chi connectivity index (χ1v) is 18.5. The van der Waals surface area contributed by atoms with Gasteiger partial charge >= 0.3 is 0 Å². The average Bonchev–Trinajstić information content (AvgIpc) is 3.00. The minimum atomic E-state index is -1.53. The Bertz CT molecular complexity index is 870. The number of unbranched alkanes of at least 4 members (excludes halogenated alkanes) is 11. The second kappa shape index (κ2) is 18.6. The molecule has 0 amide bonds. The zero-order chi connectivity index (χ0) is 32.2. The van der Waals surface area contributed by atoms with Gasteiger partial charge in [0.1, 0.15) is 24.4 Å². The molecule has 5 aliphatic rings. The third-order valence-corrected chi connectivity index (χ3v) is 11.0. The number of aliphatic hydroxyl groups excluding tert-OH is 5. The highest BCUT2D eigenvalue weighted by Gasteiger charge is 2.51.